The maximum absolute atomic E-state index is 13.0. The molecule has 0 fully saturated rings. The molecule has 0 saturated heterocycles. The van der Waals surface area contributed by atoms with Gasteiger partial charge in [-0.2, -0.15) is 0 Å². The van der Waals surface area contributed by atoms with Crippen molar-refractivity contribution in [3.63, 3.8) is 0 Å². The summed E-state index contributed by atoms with van der Waals surface area (Å²) in [7, 11) is 0. The quantitative estimate of drug-likeness (QED) is 0.894. The van der Waals surface area contributed by atoms with Gasteiger partial charge in [0.05, 0.1) is 15.6 Å². The van der Waals surface area contributed by atoms with E-state index in [1.54, 1.807) is 6.92 Å². The molecule has 1 N–H and O–H groups in total. The van der Waals surface area contributed by atoms with Gasteiger partial charge in [0.15, 0.2) is 0 Å². The molecule has 2 nitrogen and oxygen atoms in total. The molecule has 1 heterocycles. The summed E-state index contributed by atoms with van der Waals surface area (Å²) in [6.45, 7) is 3.58. The summed E-state index contributed by atoms with van der Waals surface area (Å²) in [4.78, 5) is 4.79. The van der Waals surface area contributed by atoms with Crippen molar-refractivity contribution >= 4 is 11.3 Å². The molecule has 0 radical (unpaired) electrons. The molecule has 0 aliphatic rings. The van der Waals surface area contributed by atoms with E-state index in [2.05, 4.69) is 4.98 Å². The Morgan fingerprint density at radius 1 is 1.18 bits per heavy atom. The van der Waals surface area contributed by atoms with Crippen LogP contribution in [0.25, 0.3) is 0 Å². The lowest BCUT2D eigenvalue weighted by molar-refractivity contribution is 0.222. The van der Waals surface area contributed by atoms with Crippen molar-refractivity contribution in [3.05, 3.63) is 51.0 Å². The molecule has 5 heteroatoms. The van der Waals surface area contributed by atoms with Crippen LogP contribution >= 0.6 is 11.3 Å². The van der Waals surface area contributed by atoms with E-state index in [9.17, 15) is 13.9 Å². The van der Waals surface area contributed by atoms with Crippen LogP contribution in [-0.4, -0.2) is 10.1 Å². The highest BCUT2D eigenvalue weighted by molar-refractivity contribution is 7.11. The van der Waals surface area contributed by atoms with E-state index in [1.165, 1.54) is 11.3 Å². The monoisotopic (exact) mass is 255 g/mol. The van der Waals surface area contributed by atoms with Gasteiger partial charge in [0.25, 0.3) is 0 Å². The first kappa shape index (κ1) is 12.1. The first-order chi connectivity index (χ1) is 7.97. The van der Waals surface area contributed by atoms with Gasteiger partial charge in [0.1, 0.15) is 17.7 Å². The Morgan fingerprint density at radius 2 is 1.76 bits per heavy atom. The third-order valence-electron chi connectivity index (χ3n) is 2.39. The minimum Gasteiger partial charge on any atom is -0.383 e. The van der Waals surface area contributed by atoms with E-state index in [1.807, 2.05) is 6.92 Å². The van der Waals surface area contributed by atoms with E-state index in [0.29, 0.717) is 10.6 Å². The summed E-state index contributed by atoms with van der Waals surface area (Å²) >= 11 is 1.32. The molecular formula is C12H11F2NOS. The Bertz CT molecular complexity index is 533. The molecule has 0 amide bonds. The Hall–Kier alpha value is -1.33. The summed E-state index contributed by atoms with van der Waals surface area (Å²) in [6.07, 6.45) is -1.04. The Morgan fingerprint density at radius 3 is 2.24 bits per heavy atom. The normalized spacial score (nSPS) is 12.8. The highest BCUT2D eigenvalue weighted by Gasteiger charge is 2.18. The molecule has 0 saturated carbocycles. The first-order valence-corrected chi connectivity index (χ1v) is 5.87. The van der Waals surface area contributed by atoms with Crippen LogP contribution in [-0.2, 0) is 0 Å². The van der Waals surface area contributed by atoms with Crippen molar-refractivity contribution in [2.24, 2.45) is 0 Å². The van der Waals surface area contributed by atoms with Crippen molar-refractivity contribution in [3.8, 4) is 0 Å². The van der Waals surface area contributed by atoms with Crippen molar-refractivity contribution < 1.29 is 13.9 Å². The lowest BCUT2D eigenvalue weighted by atomic mass is 10.1. The number of aliphatic hydroxyl groups excluding tert-OH is 1. The average Bonchev–Trinajstić information content (AvgIpc) is 2.55. The number of aryl methyl sites for hydroxylation is 2. The van der Waals surface area contributed by atoms with Crippen molar-refractivity contribution in [2.45, 2.75) is 20.0 Å². The summed E-state index contributed by atoms with van der Waals surface area (Å²) in [6, 6.07) is 3.03. The van der Waals surface area contributed by atoms with Crippen LogP contribution in [0.1, 0.15) is 27.2 Å². The van der Waals surface area contributed by atoms with Gasteiger partial charge in [0, 0.05) is 6.07 Å². The summed E-state index contributed by atoms with van der Waals surface area (Å²) in [5.74, 6) is -1.39. The molecule has 0 aliphatic carbocycles. The smallest absolute Gasteiger partial charge is 0.126 e. The van der Waals surface area contributed by atoms with Crippen molar-refractivity contribution in [1.82, 2.24) is 4.98 Å². The molecule has 0 spiro atoms. The molecule has 2 aromatic rings. The SMILES string of the molecule is Cc1nc(C)c(C(O)c2cc(F)cc(F)c2)s1. The van der Waals surface area contributed by atoms with Crippen LogP contribution in [0.5, 0.6) is 0 Å². The predicted molar refractivity (Wildman–Crippen MR) is 62.0 cm³/mol. The number of benzene rings is 1. The van der Waals surface area contributed by atoms with Crippen LogP contribution in [0.2, 0.25) is 0 Å². The summed E-state index contributed by atoms with van der Waals surface area (Å²) in [5.41, 5.74) is 0.888. The number of halogens is 2. The number of hydrogen-bond acceptors (Lipinski definition) is 3. The highest BCUT2D eigenvalue weighted by Crippen LogP contribution is 2.30. The molecule has 0 aliphatic heterocycles. The number of aromatic nitrogens is 1. The fourth-order valence-electron chi connectivity index (χ4n) is 1.69. The highest BCUT2D eigenvalue weighted by atomic mass is 32.1. The fraction of sp³-hybridized carbons (Fsp3) is 0.250. The van der Waals surface area contributed by atoms with E-state index in [-0.39, 0.29) is 5.56 Å². The molecule has 1 atom stereocenters. The van der Waals surface area contributed by atoms with Gasteiger partial charge >= 0.3 is 0 Å². The van der Waals surface area contributed by atoms with E-state index in [0.717, 1.165) is 23.2 Å². The second-order valence-corrected chi connectivity index (χ2v) is 5.02. The van der Waals surface area contributed by atoms with Gasteiger partial charge in [-0.15, -0.1) is 11.3 Å². The summed E-state index contributed by atoms with van der Waals surface area (Å²) in [5, 5.41) is 10.9. The minimum atomic E-state index is -1.04. The molecule has 2 rings (SSSR count). The minimum absolute atomic E-state index is 0.203. The number of thiazole rings is 1. The van der Waals surface area contributed by atoms with E-state index in [4.69, 9.17) is 0 Å². The average molecular weight is 255 g/mol. The number of nitrogens with zero attached hydrogens (tertiary/aromatic N) is 1. The zero-order valence-corrected chi connectivity index (χ0v) is 10.2. The molecule has 1 aromatic heterocycles. The standard InChI is InChI=1S/C12H11F2NOS/c1-6-12(17-7(2)15-6)11(16)8-3-9(13)5-10(14)4-8/h3-5,11,16H,1-2H3. The third-order valence-corrected chi connectivity index (χ3v) is 3.51. The number of aliphatic hydroxyl groups is 1. The zero-order valence-electron chi connectivity index (χ0n) is 9.37. The zero-order chi connectivity index (χ0) is 12.6. The second-order valence-electron chi connectivity index (χ2n) is 3.79. The van der Waals surface area contributed by atoms with Crippen molar-refractivity contribution in [2.75, 3.05) is 0 Å². The van der Waals surface area contributed by atoms with Gasteiger partial charge < -0.3 is 5.11 Å². The molecular weight excluding hydrogens is 244 g/mol. The lowest BCUT2D eigenvalue weighted by Gasteiger charge is -2.10. The molecule has 90 valence electrons. The largest absolute Gasteiger partial charge is 0.383 e. The van der Waals surface area contributed by atoms with Crippen LogP contribution in [0.15, 0.2) is 18.2 Å². The van der Waals surface area contributed by atoms with Crippen LogP contribution in [0, 0.1) is 25.5 Å². The van der Waals surface area contributed by atoms with Crippen LogP contribution < -0.4 is 0 Å². The maximum Gasteiger partial charge on any atom is 0.126 e. The first-order valence-electron chi connectivity index (χ1n) is 5.05. The van der Waals surface area contributed by atoms with E-state index >= 15 is 0 Å². The Labute approximate surface area is 102 Å². The fourth-order valence-corrected chi connectivity index (χ4v) is 2.63. The van der Waals surface area contributed by atoms with Crippen LogP contribution in [0.4, 0.5) is 8.78 Å². The van der Waals surface area contributed by atoms with Crippen LogP contribution in [0.3, 0.4) is 0 Å². The number of rotatable bonds is 2. The Balaban J connectivity index is 2.43. The molecule has 0 bridgehead atoms. The van der Waals surface area contributed by atoms with Gasteiger partial charge in [0.2, 0.25) is 0 Å². The van der Waals surface area contributed by atoms with Crippen molar-refractivity contribution in [1.29, 1.82) is 0 Å². The number of hydrogen-bond donors (Lipinski definition) is 1. The molecule has 1 unspecified atom stereocenters. The maximum atomic E-state index is 13.0. The Kier molecular flexibility index (Phi) is 3.22. The van der Waals surface area contributed by atoms with Gasteiger partial charge in [-0.1, -0.05) is 0 Å². The van der Waals surface area contributed by atoms with Gasteiger partial charge in [-0.3, -0.25) is 0 Å². The summed E-state index contributed by atoms with van der Waals surface area (Å²) < 4.78 is 26.1. The predicted octanol–water partition coefficient (Wildman–Crippen LogP) is 3.12. The molecule has 1 aromatic carbocycles. The van der Waals surface area contributed by atoms with E-state index < -0.39 is 17.7 Å². The third kappa shape index (κ3) is 2.50. The molecule has 17 heavy (non-hydrogen) atoms. The van der Waals surface area contributed by atoms with Gasteiger partial charge in [-0.05, 0) is 31.5 Å². The second kappa shape index (κ2) is 4.50. The lowest BCUT2D eigenvalue weighted by Crippen LogP contribution is -2.00. The van der Waals surface area contributed by atoms with Gasteiger partial charge in [-0.25, -0.2) is 13.8 Å². The topological polar surface area (TPSA) is 33.1 Å².